The van der Waals surface area contributed by atoms with E-state index in [9.17, 15) is 4.79 Å². The Labute approximate surface area is 139 Å². The highest BCUT2D eigenvalue weighted by Crippen LogP contribution is 2.10. The standard InChI is InChI=1S/C18H29N3O2/c1-14-12-21(13-15(2)23-14)10-6-9-20-18(22)17(19)11-16-7-4-3-5-8-16/h3-5,7-8,14-15,17H,6,9-13,19H2,1-2H3,(H,20,22). The van der Waals surface area contributed by atoms with E-state index in [1.54, 1.807) is 0 Å². The maximum atomic E-state index is 12.0. The van der Waals surface area contributed by atoms with Crippen molar-refractivity contribution < 1.29 is 9.53 Å². The van der Waals surface area contributed by atoms with Crippen molar-refractivity contribution in [3.05, 3.63) is 35.9 Å². The lowest BCUT2D eigenvalue weighted by Gasteiger charge is -2.35. The minimum absolute atomic E-state index is 0.0717. The van der Waals surface area contributed by atoms with E-state index in [1.165, 1.54) is 0 Å². The van der Waals surface area contributed by atoms with Crippen molar-refractivity contribution in [3.63, 3.8) is 0 Å². The number of benzene rings is 1. The lowest BCUT2D eigenvalue weighted by molar-refractivity contribution is -0.122. The van der Waals surface area contributed by atoms with Crippen LogP contribution in [-0.4, -0.2) is 55.2 Å². The first-order valence-electron chi connectivity index (χ1n) is 8.49. The second-order valence-corrected chi connectivity index (χ2v) is 6.46. The van der Waals surface area contributed by atoms with Gasteiger partial charge in [-0.2, -0.15) is 0 Å². The van der Waals surface area contributed by atoms with Crippen LogP contribution >= 0.6 is 0 Å². The Kier molecular flexibility index (Phi) is 7.02. The first kappa shape index (κ1) is 17.9. The number of carbonyl (C=O) groups excluding carboxylic acids is 1. The normalized spacial score (nSPS) is 23.4. The van der Waals surface area contributed by atoms with Gasteiger partial charge in [-0.3, -0.25) is 9.69 Å². The summed E-state index contributed by atoms with van der Waals surface area (Å²) in [5.41, 5.74) is 7.06. The fourth-order valence-electron chi connectivity index (χ4n) is 3.07. The Morgan fingerprint density at radius 1 is 1.30 bits per heavy atom. The molecule has 1 aromatic carbocycles. The van der Waals surface area contributed by atoms with Crippen LogP contribution in [0.1, 0.15) is 25.8 Å². The van der Waals surface area contributed by atoms with Crippen molar-refractivity contribution in [3.8, 4) is 0 Å². The Morgan fingerprint density at radius 3 is 2.61 bits per heavy atom. The summed E-state index contributed by atoms with van der Waals surface area (Å²) < 4.78 is 5.72. The highest BCUT2D eigenvalue weighted by Gasteiger charge is 2.21. The molecule has 0 spiro atoms. The molecule has 3 N–H and O–H groups in total. The van der Waals surface area contributed by atoms with Crippen LogP contribution in [0.15, 0.2) is 30.3 Å². The SMILES string of the molecule is CC1CN(CCCNC(=O)C(N)Cc2ccccc2)CC(C)O1. The molecule has 1 saturated heterocycles. The lowest BCUT2D eigenvalue weighted by Crippen LogP contribution is -2.46. The molecule has 2 rings (SSSR count). The monoisotopic (exact) mass is 319 g/mol. The molecule has 128 valence electrons. The lowest BCUT2D eigenvalue weighted by atomic mass is 10.1. The van der Waals surface area contributed by atoms with Gasteiger partial charge in [0.25, 0.3) is 0 Å². The molecule has 3 unspecified atom stereocenters. The van der Waals surface area contributed by atoms with E-state index < -0.39 is 6.04 Å². The van der Waals surface area contributed by atoms with Gasteiger partial charge in [-0.15, -0.1) is 0 Å². The first-order chi connectivity index (χ1) is 11.0. The van der Waals surface area contributed by atoms with Gasteiger partial charge in [-0.25, -0.2) is 0 Å². The van der Waals surface area contributed by atoms with Crippen LogP contribution in [0.4, 0.5) is 0 Å². The Hall–Kier alpha value is -1.43. The number of ether oxygens (including phenoxy) is 1. The molecular weight excluding hydrogens is 290 g/mol. The molecule has 1 heterocycles. The molecule has 5 nitrogen and oxygen atoms in total. The Balaban J connectivity index is 1.62. The second-order valence-electron chi connectivity index (χ2n) is 6.46. The van der Waals surface area contributed by atoms with E-state index in [-0.39, 0.29) is 18.1 Å². The molecule has 1 aromatic rings. The molecular formula is C18H29N3O2. The highest BCUT2D eigenvalue weighted by atomic mass is 16.5. The smallest absolute Gasteiger partial charge is 0.237 e. The van der Waals surface area contributed by atoms with E-state index in [2.05, 4.69) is 24.1 Å². The number of amides is 1. The van der Waals surface area contributed by atoms with E-state index >= 15 is 0 Å². The third-order valence-corrected chi connectivity index (χ3v) is 4.08. The number of nitrogens with one attached hydrogen (secondary N) is 1. The fourth-order valence-corrected chi connectivity index (χ4v) is 3.07. The maximum absolute atomic E-state index is 12.0. The molecule has 23 heavy (non-hydrogen) atoms. The van der Waals surface area contributed by atoms with Crippen molar-refractivity contribution in [1.29, 1.82) is 0 Å². The maximum Gasteiger partial charge on any atom is 0.237 e. The van der Waals surface area contributed by atoms with Crippen LogP contribution in [0.2, 0.25) is 0 Å². The predicted octanol–water partition coefficient (Wildman–Crippen LogP) is 1.17. The molecule has 0 aromatic heterocycles. The van der Waals surface area contributed by atoms with Crippen molar-refractivity contribution >= 4 is 5.91 Å². The summed E-state index contributed by atoms with van der Waals surface area (Å²) in [6.07, 6.45) is 2.08. The highest BCUT2D eigenvalue weighted by molar-refractivity contribution is 5.81. The van der Waals surface area contributed by atoms with Gasteiger partial charge in [0.05, 0.1) is 18.2 Å². The zero-order valence-corrected chi connectivity index (χ0v) is 14.2. The quantitative estimate of drug-likeness (QED) is 0.741. The number of carbonyl (C=O) groups is 1. The zero-order valence-electron chi connectivity index (χ0n) is 14.2. The molecule has 0 bridgehead atoms. The molecule has 0 radical (unpaired) electrons. The third-order valence-electron chi connectivity index (χ3n) is 4.08. The van der Waals surface area contributed by atoms with Gasteiger partial charge < -0.3 is 15.8 Å². The van der Waals surface area contributed by atoms with Crippen molar-refractivity contribution in [2.75, 3.05) is 26.2 Å². The number of nitrogens with zero attached hydrogens (tertiary/aromatic N) is 1. The van der Waals surface area contributed by atoms with Crippen molar-refractivity contribution in [2.24, 2.45) is 5.73 Å². The van der Waals surface area contributed by atoms with E-state index in [4.69, 9.17) is 10.5 Å². The Morgan fingerprint density at radius 2 is 1.96 bits per heavy atom. The third kappa shape index (κ3) is 6.29. The van der Waals surface area contributed by atoms with Gasteiger partial charge in [0.2, 0.25) is 5.91 Å². The van der Waals surface area contributed by atoms with E-state index in [1.807, 2.05) is 30.3 Å². The van der Waals surface area contributed by atoms with Crippen LogP contribution in [0.3, 0.4) is 0 Å². The molecule has 0 saturated carbocycles. The summed E-state index contributed by atoms with van der Waals surface area (Å²) in [7, 11) is 0. The van der Waals surface area contributed by atoms with Crippen LogP contribution < -0.4 is 11.1 Å². The van der Waals surface area contributed by atoms with Crippen LogP contribution in [0.5, 0.6) is 0 Å². The number of hydrogen-bond donors (Lipinski definition) is 2. The Bertz CT molecular complexity index is 470. The minimum Gasteiger partial charge on any atom is -0.373 e. The minimum atomic E-state index is -0.485. The van der Waals surface area contributed by atoms with E-state index in [0.717, 1.165) is 31.6 Å². The summed E-state index contributed by atoms with van der Waals surface area (Å²) in [5, 5.41) is 2.94. The molecule has 1 amide bonds. The fraction of sp³-hybridized carbons (Fsp3) is 0.611. The zero-order chi connectivity index (χ0) is 16.7. The number of hydrogen-bond acceptors (Lipinski definition) is 4. The molecule has 1 fully saturated rings. The van der Waals surface area contributed by atoms with Gasteiger partial charge in [-0.05, 0) is 32.3 Å². The second kappa shape index (κ2) is 9.01. The first-order valence-corrected chi connectivity index (χ1v) is 8.49. The van der Waals surface area contributed by atoms with Crippen molar-refractivity contribution in [2.45, 2.75) is 44.9 Å². The van der Waals surface area contributed by atoms with Gasteiger partial charge in [-0.1, -0.05) is 30.3 Å². The number of rotatable bonds is 7. The van der Waals surface area contributed by atoms with Gasteiger partial charge in [0.1, 0.15) is 0 Å². The van der Waals surface area contributed by atoms with Crippen LogP contribution in [-0.2, 0) is 16.0 Å². The van der Waals surface area contributed by atoms with Gasteiger partial charge >= 0.3 is 0 Å². The largest absolute Gasteiger partial charge is 0.373 e. The summed E-state index contributed by atoms with van der Waals surface area (Å²) >= 11 is 0. The van der Waals surface area contributed by atoms with E-state index in [0.29, 0.717) is 13.0 Å². The average molecular weight is 319 g/mol. The summed E-state index contributed by atoms with van der Waals surface area (Å²) in [4.78, 5) is 14.4. The average Bonchev–Trinajstić information content (AvgIpc) is 2.51. The molecule has 0 aliphatic carbocycles. The summed E-state index contributed by atoms with van der Waals surface area (Å²) in [6, 6.07) is 9.39. The van der Waals surface area contributed by atoms with Crippen molar-refractivity contribution in [1.82, 2.24) is 10.2 Å². The number of nitrogens with two attached hydrogens (primary N) is 1. The number of morpholine rings is 1. The molecule has 1 aliphatic heterocycles. The molecule has 1 aliphatic rings. The molecule has 5 heteroatoms. The summed E-state index contributed by atoms with van der Waals surface area (Å²) in [5.74, 6) is -0.0717. The summed E-state index contributed by atoms with van der Waals surface area (Å²) in [6.45, 7) is 7.78. The topological polar surface area (TPSA) is 67.6 Å². The molecule has 3 atom stereocenters. The van der Waals surface area contributed by atoms with Crippen LogP contribution in [0.25, 0.3) is 0 Å². The van der Waals surface area contributed by atoms with Crippen LogP contribution in [0, 0.1) is 0 Å². The van der Waals surface area contributed by atoms with Gasteiger partial charge in [0, 0.05) is 26.2 Å². The predicted molar refractivity (Wildman–Crippen MR) is 92.2 cm³/mol. The van der Waals surface area contributed by atoms with Gasteiger partial charge in [0.15, 0.2) is 0 Å².